The van der Waals surface area contributed by atoms with Gasteiger partial charge in [0.1, 0.15) is 8.07 Å². The van der Waals surface area contributed by atoms with E-state index in [1.807, 2.05) is 0 Å². The molecular formula is C22H19NSi. The summed E-state index contributed by atoms with van der Waals surface area (Å²) in [5.41, 5.74) is 5.49. The van der Waals surface area contributed by atoms with Gasteiger partial charge < -0.3 is 4.57 Å². The summed E-state index contributed by atoms with van der Waals surface area (Å²) in [6.07, 6.45) is 0. The summed E-state index contributed by atoms with van der Waals surface area (Å²) in [5, 5.41) is 4.48. The van der Waals surface area contributed by atoms with E-state index < -0.39 is 8.07 Å². The zero-order valence-electron chi connectivity index (χ0n) is 14.0. The van der Waals surface area contributed by atoms with E-state index in [1.165, 1.54) is 33.0 Å². The van der Waals surface area contributed by atoms with Crippen LogP contribution in [-0.4, -0.2) is 12.6 Å². The number of hydrogen-bond acceptors (Lipinski definition) is 0. The molecule has 0 amide bonds. The highest BCUT2D eigenvalue weighted by molar-refractivity contribution is 7.03. The van der Waals surface area contributed by atoms with Crippen LogP contribution in [0, 0.1) is 0 Å². The van der Waals surface area contributed by atoms with Crippen LogP contribution in [0.3, 0.4) is 0 Å². The molecule has 4 aromatic rings. The predicted octanol–water partition coefficient (Wildman–Crippen LogP) is 4.43. The van der Waals surface area contributed by atoms with Gasteiger partial charge in [-0.3, -0.25) is 0 Å². The van der Waals surface area contributed by atoms with Crippen LogP contribution in [0.15, 0.2) is 78.9 Å². The fourth-order valence-electron chi connectivity index (χ4n) is 4.32. The van der Waals surface area contributed by atoms with Gasteiger partial charge >= 0.3 is 0 Å². The summed E-state index contributed by atoms with van der Waals surface area (Å²) in [7, 11) is -1.73. The lowest BCUT2D eigenvalue weighted by molar-refractivity contribution is 1.16. The average molecular weight is 325 g/mol. The van der Waals surface area contributed by atoms with Crippen LogP contribution in [0.2, 0.25) is 13.1 Å². The number of rotatable bonds is 1. The van der Waals surface area contributed by atoms with E-state index in [0.29, 0.717) is 0 Å². The molecule has 24 heavy (non-hydrogen) atoms. The molecule has 0 saturated carbocycles. The Labute approximate surface area is 143 Å². The lowest BCUT2D eigenvalue weighted by Gasteiger charge is -2.22. The Bertz CT molecular complexity index is 1060. The van der Waals surface area contributed by atoms with Crippen LogP contribution in [0.1, 0.15) is 0 Å². The number of para-hydroxylation sites is 2. The second-order valence-electron chi connectivity index (χ2n) is 7.08. The maximum atomic E-state index is 2.51. The van der Waals surface area contributed by atoms with E-state index >= 15 is 0 Å². The van der Waals surface area contributed by atoms with Crippen molar-refractivity contribution in [2.45, 2.75) is 13.1 Å². The molecule has 1 aliphatic rings. The Balaban J connectivity index is 2.00. The van der Waals surface area contributed by atoms with Crippen molar-refractivity contribution in [1.29, 1.82) is 0 Å². The van der Waals surface area contributed by atoms with Gasteiger partial charge in [-0.05, 0) is 28.9 Å². The number of nitrogens with zero attached hydrogens (tertiary/aromatic N) is 1. The Hall–Kier alpha value is -2.58. The second-order valence-corrected chi connectivity index (χ2v) is 11.3. The van der Waals surface area contributed by atoms with Crippen LogP contribution >= 0.6 is 0 Å². The van der Waals surface area contributed by atoms with E-state index in [0.717, 1.165) is 0 Å². The molecular weight excluding hydrogens is 306 g/mol. The SMILES string of the molecule is C[Si]1(C)c2ccccc2-c2c1n(-c1ccccc1)c1ccccc21. The molecule has 0 atom stereocenters. The lowest BCUT2D eigenvalue weighted by atomic mass is 10.1. The first kappa shape index (κ1) is 13.8. The van der Waals surface area contributed by atoms with Crippen LogP contribution in [0.4, 0.5) is 0 Å². The topological polar surface area (TPSA) is 4.93 Å². The minimum atomic E-state index is -1.73. The summed E-state index contributed by atoms with van der Waals surface area (Å²) in [4.78, 5) is 0. The van der Waals surface area contributed by atoms with Crippen molar-refractivity contribution >= 4 is 29.5 Å². The van der Waals surface area contributed by atoms with Crippen molar-refractivity contribution in [2.75, 3.05) is 0 Å². The minimum absolute atomic E-state index is 1.27. The molecule has 0 aliphatic carbocycles. The molecule has 1 nitrogen and oxygen atoms in total. The van der Waals surface area contributed by atoms with Crippen molar-refractivity contribution in [3.63, 3.8) is 0 Å². The van der Waals surface area contributed by atoms with Gasteiger partial charge in [0.05, 0.1) is 5.52 Å². The molecule has 1 aromatic heterocycles. The maximum Gasteiger partial charge on any atom is 0.134 e. The van der Waals surface area contributed by atoms with Crippen LogP contribution in [-0.2, 0) is 0 Å². The quantitative estimate of drug-likeness (QED) is 0.456. The third kappa shape index (κ3) is 1.64. The smallest absolute Gasteiger partial charge is 0.134 e. The zero-order valence-corrected chi connectivity index (χ0v) is 15.0. The molecule has 0 saturated heterocycles. The molecule has 116 valence electrons. The van der Waals surface area contributed by atoms with Crippen LogP contribution in [0.25, 0.3) is 27.7 Å². The predicted molar refractivity (Wildman–Crippen MR) is 105 cm³/mol. The Morgan fingerprint density at radius 1 is 0.708 bits per heavy atom. The molecule has 5 rings (SSSR count). The Morgan fingerprint density at radius 3 is 2.21 bits per heavy atom. The largest absolute Gasteiger partial charge is 0.317 e. The van der Waals surface area contributed by atoms with E-state index in [4.69, 9.17) is 0 Å². The molecule has 0 radical (unpaired) electrons. The summed E-state index contributed by atoms with van der Waals surface area (Å²) < 4.78 is 2.51. The van der Waals surface area contributed by atoms with E-state index in [1.54, 1.807) is 5.19 Å². The highest BCUT2D eigenvalue weighted by Crippen LogP contribution is 2.37. The standard InChI is InChI=1S/C22H19NSi/c1-24(2)20-15-9-7-13-18(20)21-17-12-6-8-14-19(17)23(22(21)24)16-10-4-3-5-11-16/h3-15H,1-2H3. The molecule has 3 aromatic carbocycles. The highest BCUT2D eigenvalue weighted by Gasteiger charge is 2.42. The van der Waals surface area contributed by atoms with E-state index in [-0.39, 0.29) is 0 Å². The molecule has 0 N–H and O–H groups in total. The summed E-state index contributed by atoms with van der Waals surface area (Å²) in [6, 6.07) is 28.6. The van der Waals surface area contributed by atoms with Gasteiger partial charge in [0.25, 0.3) is 0 Å². The minimum Gasteiger partial charge on any atom is -0.317 e. The number of hydrogen-bond donors (Lipinski definition) is 0. The van der Waals surface area contributed by atoms with Crippen molar-refractivity contribution in [2.24, 2.45) is 0 Å². The Morgan fingerprint density at radius 2 is 1.38 bits per heavy atom. The van der Waals surface area contributed by atoms with Crippen molar-refractivity contribution in [3.8, 4) is 16.8 Å². The van der Waals surface area contributed by atoms with Crippen molar-refractivity contribution in [3.05, 3.63) is 78.9 Å². The molecule has 0 bridgehead atoms. The van der Waals surface area contributed by atoms with Crippen molar-refractivity contribution in [1.82, 2.24) is 4.57 Å². The van der Waals surface area contributed by atoms with Gasteiger partial charge in [-0.25, -0.2) is 0 Å². The summed E-state index contributed by atoms with van der Waals surface area (Å²) >= 11 is 0. The molecule has 2 heterocycles. The maximum absolute atomic E-state index is 2.51. The normalized spacial score (nSPS) is 14.6. The highest BCUT2D eigenvalue weighted by atomic mass is 28.3. The zero-order chi connectivity index (χ0) is 16.3. The Kier molecular flexibility index (Phi) is 2.71. The first-order valence-corrected chi connectivity index (χ1v) is 11.5. The monoisotopic (exact) mass is 325 g/mol. The summed E-state index contributed by atoms with van der Waals surface area (Å²) in [6.45, 7) is 4.96. The van der Waals surface area contributed by atoms with Crippen molar-refractivity contribution < 1.29 is 0 Å². The molecule has 2 heteroatoms. The molecule has 0 fully saturated rings. The van der Waals surface area contributed by atoms with Gasteiger partial charge in [-0.15, -0.1) is 0 Å². The molecule has 1 aliphatic heterocycles. The average Bonchev–Trinajstić information content (AvgIpc) is 3.08. The summed E-state index contributed by atoms with van der Waals surface area (Å²) in [5.74, 6) is 0. The van der Waals surface area contributed by atoms with E-state index in [9.17, 15) is 0 Å². The van der Waals surface area contributed by atoms with Crippen LogP contribution in [0.5, 0.6) is 0 Å². The molecule has 0 spiro atoms. The first-order valence-electron chi connectivity index (χ1n) is 8.49. The van der Waals surface area contributed by atoms with Gasteiger partial charge in [-0.2, -0.15) is 0 Å². The lowest BCUT2D eigenvalue weighted by Crippen LogP contribution is -2.52. The van der Waals surface area contributed by atoms with Gasteiger partial charge in [0.15, 0.2) is 0 Å². The first-order chi connectivity index (χ1) is 11.7. The van der Waals surface area contributed by atoms with Gasteiger partial charge in [0, 0.05) is 22.0 Å². The van der Waals surface area contributed by atoms with Gasteiger partial charge in [-0.1, -0.05) is 73.8 Å². The molecule has 0 unspecified atom stereocenters. The number of aromatic nitrogens is 1. The third-order valence-corrected chi connectivity index (χ3v) is 8.79. The fourth-order valence-corrected chi connectivity index (χ4v) is 7.68. The number of fused-ring (bicyclic) bond motifs is 5. The fraction of sp³-hybridized carbons (Fsp3) is 0.0909. The number of benzene rings is 3. The van der Waals surface area contributed by atoms with E-state index in [2.05, 4.69) is 96.5 Å². The van der Waals surface area contributed by atoms with Crippen LogP contribution < -0.4 is 10.5 Å². The van der Waals surface area contributed by atoms with Gasteiger partial charge in [0.2, 0.25) is 0 Å². The second kappa shape index (κ2) is 4.71. The third-order valence-electron chi connectivity index (χ3n) is 5.35.